The number of phosphoric acid groups is 1. The summed E-state index contributed by atoms with van der Waals surface area (Å²) >= 11 is 0. The second-order valence-corrected chi connectivity index (χ2v) is 1.66. The van der Waals surface area contributed by atoms with Gasteiger partial charge in [-0.25, -0.2) is 0 Å². The summed E-state index contributed by atoms with van der Waals surface area (Å²) in [5.74, 6) is 0. The molecule has 0 aliphatic heterocycles. The molecular formula is BMgO4P. The summed E-state index contributed by atoms with van der Waals surface area (Å²) in [5, 5.41) is 0. The largest absolute Gasteiger partial charge is 2.00 e. The average Bonchev–Trinajstić information content (AvgIpc) is 1.35. The number of rotatable bonds is 1. The van der Waals surface area contributed by atoms with E-state index in [1.165, 1.54) is 0 Å². The van der Waals surface area contributed by atoms with Gasteiger partial charge in [0.25, 0.3) is 8.05 Å². The summed E-state index contributed by atoms with van der Waals surface area (Å²) in [5.41, 5.74) is 0. The molecule has 0 aromatic heterocycles. The predicted octanol–water partition coefficient (Wildman–Crippen LogP) is -2.47. The van der Waals surface area contributed by atoms with Gasteiger partial charge in [-0.3, -0.25) is 0 Å². The molecule has 7 heteroatoms. The second kappa shape index (κ2) is 3.89. The molecule has 0 heterocycles. The van der Waals surface area contributed by atoms with Crippen molar-refractivity contribution >= 4 is 38.9 Å². The monoisotopic (exact) mass is 130 g/mol. The molecule has 7 heavy (non-hydrogen) atoms. The van der Waals surface area contributed by atoms with E-state index in [1.807, 2.05) is 0 Å². The first-order chi connectivity index (χ1) is 2.56. The van der Waals surface area contributed by atoms with Crippen molar-refractivity contribution < 1.29 is 18.8 Å². The van der Waals surface area contributed by atoms with Crippen LogP contribution >= 0.6 is 7.82 Å². The fourth-order valence-corrected chi connectivity index (χ4v) is 0. The van der Waals surface area contributed by atoms with Gasteiger partial charge in [0.2, 0.25) is 0 Å². The minimum atomic E-state index is -4.87. The van der Waals surface area contributed by atoms with Crippen LogP contribution in [0.4, 0.5) is 0 Å². The quantitative estimate of drug-likeness (QED) is 0.291. The molecule has 0 rings (SSSR count). The van der Waals surface area contributed by atoms with Gasteiger partial charge in [-0.15, -0.1) is 0 Å². The number of hydrogen-bond donors (Lipinski definition) is 0. The first kappa shape index (κ1) is 10.8. The normalized spacial score (nSPS) is 10.0. The summed E-state index contributed by atoms with van der Waals surface area (Å²) in [7, 11) is -0.951. The summed E-state index contributed by atoms with van der Waals surface area (Å²) in [4.78, 5) is 18.2. The summed E-state index contributed by atoms with van der Waals surface area (Å²) in [6.07, 6.45) is 0. The Morgan fingerprint density at radius 1 is 1.57 bits per heavy atom. The van der Waals surface area contributed by atoms with Gasteiger partial charge in [-0.2, -0.15) is 0 Å². The molecule has 0 amide bonds. The van der Waals surface area contributed by atoms with Crippen molar-refractivity contribution in [3.05, 3.63) is 0 Å². The van der Waals surface area contributed by atoms with Crippen molar-refractivity contribution in [2.45, 2.75) is 0 Å². The Bertz CT molecular complexity index is 75.8. The molecular weight excluding hydrogens is 130 g/mol. The van der Waals surface area contributed by atoms with Crippen molar-refractivity contribution in [3.63, 3.8) is 0 Å². The molecule has 2 radical (unpaired) electrons. The topological polar surface area (TPSA) is 72.4 Å². The van der Waals surface area contributed by atoms with Gasteiger partial charge in [0.15, 0.2) is 0 Å². The maximum atomic E-state index is 9.12. The molecule has 0 saturated heterocycles. The van der Waals surface area contributed by atoms with Gasteiger partial charge in [-0.05, 0) is 0 Å². The van der Waals surface area contributed by atoms with Crippen LogP contribution in [-0.4, -0.2) is 31.1 Å². The van der Waals surface area contributed by atoms with Gasteiger partial charge in [0.1, 0.15) is 0 Å². The summed E-state index contributed by atoms with van der Waals surface area (Å²) < 4.78 is 12.0. The maximum absolute atomic E-state index is 9.12. The van der Waals surface area contributed by atoms with Crippen LogP contribution < -0.4 is 9.79 Å². The van der Waals surface area contributed by atoms with E-state index in [-0.39, 0.29) is 23.1 Å². The van der Waals surface area contributed by atoms with Crippen LogP contribution in [0.15, 0.2) is 0 Å². The smallest absolute Gasteiger partial charge is 0.791 e. The molecule has 0 unspecified atom stereocenters. The zero-order valence-electron chi connectivity index (χ0n) is 3.36. The second-order valence-electron chi connectivity index (χ2n) is 0.553. The molecule has 0 spiro atoms. The Labute approximate surface area is 58.1 Å². The van der Waals surface area contributed by atoms with E-state index < -0.39 is 7.82 Å². The van der Waals surface area contributed by atoms with E-state index in [0.29, 0.717) is 0 Å². The van der Waals surface area contributed by atoms with Crippen molar-refractivity contribution in [2.75, 3.05) is 0 Å². The zero-order valence-corrected chi connectivity index (χ0v) is 5.67. The van der Waals surface area contributed by atoms with Gasteiger partial charge in [0, 0.05) is 7.82 Å². The molecule has 0 bridgehead atoms. The zero-order chi connectivity index (χ0) is 5.21. The van der Waals surface area contributed by atoms with Gasteiger partial charge >= 0.3 is 23.1 Å². The molecule has 0 saturated carbocycles. The van der Waals surface area contributed by atoms with Crippen LogP contribution in [-0.2, 0) is 9.01 Å². The molecule has 0 atom stereocenters. The average molecular weight is 130 g/mol. The minimum absolute atomic E-state index is 0. The molecule has 0 fully saturated rings. The van der Waals surface area contributed by atoms with Gasteiger partial charge < -0.3 is 18.8 Å². The van der Waals surface area contributed by atoms with E-state index in [2.05, 4.69) is 12.5 Å². The first-order valence-corrected chi connectivity index (χ1v) is 2.43. The third-order valence-electron chi connectivity index (χ3n) is 0.129. The molecule has 0 aliphatic carbocycles. The third kappa shape index (κ3) is 10.9. The van der Waals surface area contributed by atoms with E-state index >= 15 is 0 Å². The van der Waals surface area contributed by atoms with E-state index in [4.69, 9.17) is 14.4 Å². The van der Waals surface area contributed by atoms with E-state index in [0.717, 1.165) is 0 Å². The van der Waals surface area contributed by atoms with Crippen LogP contribution in [0.3, 0.4) is 0 Å². The number of hydrogen-bond acceptors (Lipinski definition) is 4. The fourth-order valence-electron chi connectivity index (χ4n) is 0. The van der Waals surface area contributed by atoms with Crippen molar-refractivity contribution in [1.82, 2.24) is 0 Å². The SMILES string of the molecule is [B]OP(=O)([O-])[O-].[Mg+2]. The molecule has 34 valence electrons. The van der Waals surface area contributed by atoms with Crippen LogP contribution in [0.2, 0.25) is 0 Å². The summed E-state index contributed by atoms with van der Waals surface area (Å²) in [6.45, 7) is 0. The molecule has 0 aromatic carbocycles. The van der Waals surface area contributed by atoms with Crippen molar-refractivity contribution in [3.8, 4) is 0 Å². The Kier molecular flexibility index (Phi) is 6.02. The van der Waals surface area contributed by atoms with E-state index in [1.54, 1.807) is 0 Å². The van der Waals surface area contributed by atoms with Gasteiger partial charge in [0.05, 0.1) is 0 Å². The van der Waals surface area contributed by atoms with Crippen molar-refractivity contribution in [1.29, 1.82) is 0 Å². The van der Waals surface area contributed by atoms with Gasteiger partial charge in [-0.1, -0.05) is 0 Å². The van der Waals surface area contributed by atoms with Crippen molar-refractivity contribution in [2.24, 2.45) is 0 Å². The standard InChI is InChI=1S/BH2O4P.Mg/c1-5-6(2,3)4;/h(H2,2,3,4);/q;+2/p-2. The Hall–Kier alpha value is 0.941. The first-order valence-electron chi connectivity index (χ1n) is 0.966. The van der Waals surface area contributed by atoms with E-state index in [9.17, 15) is 0 Å². The Morgan fingerprint density at radius 3 is 1.71 bits per heavy atom. The maximum Gasteiger partial charge on any atom is 2.00 e. The Morgan fingerprint density at radius 2 is 1.71 bits per heavy atom. The van der Waals surface area contributed by atoms with Crippen LogP contribution in [0, 0.1) is 0 Å². The molecule has 4 nitrogen and oxygen atoms in total. The molecule has 0 aliphatic rings. The summed E-state index contributed by atoms with van der Waals surface area (Å²) in [6, 6.07) is 0. The van der Waals surface area contributed by atoms with Crippen LogP contribution in [0.1, 0.15) is 0 Å². The molecule has 0 N–H and O–H groups in total. The Balaban J connectivity index is 0. The molecule has 0 aromatic rings. The predicted molar refractivity (Wildman–Crippen MR) is 20.2 cm³/mol. The van der Waals surface area contributed by atoms with Crippen LogP contribution in [0.5, 0.6) is 0 Å². The van der Waals surface area contributed by atoms with Crippen LogP contribution in [0.25, 0.3) is 0 Å². The minimum Gasteiger partial charge on any atom is -0.791 e. The fraction of sp³-hybridized carbons (Fsp3) is 0. The third-order valence-corrected chi connectivity index (χ3v) is 0.387.